The number of sulfone groups is 1. The van der Waals surface area contributed by atoms with Crippen molar-refractivity contribution in [3.8, 4) is 0 Å². The van der Waals surface area contributed by atoms with Gasteiger partial charge in [0.05, 0.1) is 17.5 Å². The van der Waals surface area contributed by atoms with E-state index in [2.05, 4.69) is 4.99 Å². The van der Waals surface area contributed by atoms with E-state index in [9.17, 15) is 17.6 Å². The lowest BCUT2D eigenvalue weighted by atomic mass is 10.0. The predicted octanol–water partition coefficient (Wildman–Crippen LogP) is 3.40. The Kier molecular flexibility index (Phi) is 5.29. The van der Waals surface area contributed by atoms with Gasteiger partial charge in [-0.25, -0.2) is 12.8 Å². The van der Waals surface area contributed by atoms with E-state index in [0.717, 1.165) is 6.42 Å². The molecule has 0 N–H and O–H groups in total. The van der Waals surface area contributed by atoms with Gasteiger partial charge in [0.1, 0.15) is 5.82 Å². The number of carbonyl (C=O) groups excluding carboxylic acids is 1. The minimum Gasteiger partial charge on any atom is -0.315 e. The number of hydrogen-bond donors (Lipinski definition) is 0. The molecule has 1 saturated carbocycles. The number of amides is 1. The van der Waals surface area contributed by atoms with Crippen molar-refractivity contribution < 1.29 is 17.6 Å². The number of aliphatic imine (C=N–C) groups is 1. The van der Waals surface area contributed by atoms with Crippen LogP contribution in [-0.4, -0.2) is 42.3 Å². The zero-order valence-corrected chi connectivity index (χ0v) is 16.6. The van der Waals surface area contributed by atoms with Gasteiger partial charge in [0.2, 0.25) is 5.91 Å². The first-order chi connectivity index (χ1) is 12.9. The molecule has 3 fully saturated rings. The van der Waals surface area contributed by atoms with Crippen LogP contribution in [0.2, 0.25) is 0 Å². The van der Waals surface area contributed by atoms with E-state index in [1.807, 2.05) is 0 Å². The molecule has 0 spiro atoms. The van der Waals surface area contributed by atoms with E-state index >= 15 is 0 Å². The zero-order chi connectivity index (χ0) is 19.0. The van der Waals surface area contributed by atoms with Crippen LogP contribution in [0.15, 0.2) is 29.3 Å². The van der Waals surface area contributed by atoms with Gasteiger partial charge in [0.15, 0.2) is 15.0 Å². The molecule has 1 aromatic rings. The van der Waals surface area contributed by atoms with Gasteiger partial charge in [-0.2, -0.15) is 4.99 Å². The normalized spacial score (nSPS) is 28.8. The molecule has 0 radical (unpaired) electrons. The summed E-state index contributed by atoms with van der Waals surface area (Å²) in [5, 5.41) is 0.335. The van der Waals surface area contributed by atoms with E-state index in [1.54, 1.807) is 17.0 Å². The molecule has 3 aliphatic rings. The topological polar surface area (TPSA) is 66.8 Å². The Morgan fingerprint density at radius 2 is 2.04 bits per heavy atom. The predicted molar refractivity (Wildman–Crippen MR) is 106 cm³/mol. The van der Waals surface area contributed by atoms with E-state index in [1.165, 1.54) is 49.6 Å². The van der Waals surface area contributed by atoms with Crippen LogP contribution in [0.1, 0.15) is 38.5 Å². The van der Waals surface area contributed by atoms with Gasteiger partial charge in [0, 0.05) is 17.4 Å². The lowest BCUT2D eigenvalue weighted by Crippen LogP contribution is -2.37. The van der Waals surface area contributed by atoms with Crippen LogP contribution < -0.4 is 4.90 Å². The van der Waals surface area contributed by atoms with Crippen LogP contribution in [0.5, 0.6) is 0 Å². The van der Waals surface area contributed by atoms with Crippen LogP contribution in [0, 0.1) is 11.7 Å². The number of carbonyl (C=O) groups is 1. The van der Waals surface area contributed by atoms with Crippen LogP contribution in [0.4, 0.5) is 10.1 Å². The first-order valence-electron chi connectivity index (χ1n) is 9.45. The molecular weight excluding hydrogens is 387 g/mol. The summed E-state index contributed by atoms with van der Waals surface area (Å²) < 4.78 is 37.8. The summed E-state index contributed by atoms with van der Waals surface area (Å²) >= 11 is 1.33. The highest BCUT2D eigenvalue weighted by Gasteiger charge is 2.49. The van der Waals surface area contributed by atoms with Crippen LogP contribution in [-0.2, 0) is 14.6 Å². The number of hydrogen-bond acceptors (Lipinski definition) is 4. The van der Waals surface area contributed by atoms with Crippen molar-refractivity contribution in [2.24, 2.45) is 10.9 Å². The Morgan fingerprint density at radius 3 is 2.78 bits per heavy atom. The van der Waals surface area contributed by atoms with Crippen molar-refractivity contribution >= 4 is 38.4 Å². The first kappa shape index (κ1) is 18.9. The van der Waals surface area contributed by atoms with Crippen LogP contribution >= 0.6 is 11.8 Å². The molecule has 2 aliphatic heterocycles. The number of anilines is 1. The number of fused-ring (bicyclic) bond motifs is 1. The summed E-state index contributed by atoms with van der Waals surface area (Å²) in [5.74, 6) is 0.136. The maximum Gasteiger partial charge on any atom is 0.248 e. The largest absolute Gasteiger partial charge is 0.315 e. The lowest BCUT2D eigenvalue weighted by Gasteiger charge is -2.24. The van der Waals surface area contributed by atoms with Gasteiger partial charge in [-0.15, -0.1) is 0 Å². The van der Waals surface area contributed by atoms with Gasteiger partial charge in [-0.05, 0) is 30.5 Å². The summed E-state index contributed by atoms with van der Waals surface area (Å²) in [6.07, 6.45) is 6.15. The first-order valence-corrected chi connectivity index (χ1v) is 12.1. The third-order valence-corrected chi connectivity index (χ3v) is 8.82. The average Bonchev–Trinajstić information content (AvgIpc) is 3.27. The monoisotopic (exact) mass is 410 g/mol. The van der Waals surface area contributed by atoms with E-state index in [0.29, 0.717) is 23.2 Å². The van der Waals surface area contributed by atoms with Crippen molar-refractivity contribution in [3.05, 3.63) is 30.1 Å². The highest BCUT2D eigenvalue weighted by Crippen LogP contribution is 2.41. The van der Waals surface area contributed by atoms with E-state index < -0.39 is 15.7 Å². The Balaban J connectivity index is 1.55. The quantitative estimate of drug-likeness (QED) is 0.761. The second-order valence-corrected chi connectivity index (χ2v) is 11.0. The fourth-order valence-electron chi connectivity index (χ4n) is 4.28. The number of nitrogens with zero attached hydrogens (tertiary/aromatic N) is 2. The fourth-order valence-corrected chi connectivity index (χ4v) is 8.21. The van der Waals surface area contributed by atoms with Gasteiger partial charge < -0.3 is 4.90 Å². The van der Waals surface area contributed by atoms with E-state index in [-0.39, 0.29) is 28.7 Å². The minimum absolute atomic E-state index is 0.0104. The van der Waals surface area contributed by atoms with Crippen LogP contribution in [0.3, 0.4) is 0 Å². The number of halogens is 1. The molecule has 1 aromatic carbocycles. The van der Waals surface area contributed by atoms with Crippen molar-refractivity contribution in [1.29, 1.82) is 0 Å². The summed E-state index contributed by atoms with van der Waals surface area (Å²) in [5.41, 5.74) is 0.550. The second-order valence-electron chi connectivity index (χ2n) is 7.63. The van der Waals surface area contributed by atoms with Crippen molar-refractivity contribution in [3.63, 3.8) is 0 Å². The molecule has 4 rings (SSSR count). The van der Waals surface area contributed by atoms with Gasteiger partial charge >= 0.3 is 0 Å². The summed E-state index contributed by atoms with van der Waals surface area (Å²) in [6, 6.07) is 5.73. The highest BCUT2D eigenvalue weighted by atomic mass is 32.2. The van der Waals surface area contributed by atoms with E-state index in [4.69, 9.17) is 0 Å². The van der Waals surface area contributed by atoms with Crippen molar-refractivity contribution in [2.75, 3.05) is 16.4 Å². The SMILES string of the molecule is O=C(CCC1CCCC1)N=C1S[C@H]2CS(=O)(=O)C[C@@H]2N1c1cccc(F)c1. The van der Waals surface area contributed by atoms with Crippen LogP contribution in [0.25, 0.3) is 0 Å². The number of benzene rings is 1. The molecule has 1 amide bonds. The van der Waals surface area contributed by atoms with Crippen molar-refractivity contribution in [2.45, 2.75) is 49.8 Å². The molecule has 2 atom stereocenters. The third kappa shape index (κ3) is 4.21. The fraction of sp³-hybridized carbons (Fsp3) is 0.579. The third-order valence-electron chi connectivity index (χ3n) is 5.61. The number of amidine groups is 1. The molecular formula is C19H23FN2O3S2. The lowest BCUT2D eigenvalue weighted by molar-refractivity contribution is -0.118. The zero-order valence-electron chi connectivity index (χ0n) is 15.0. The smallest absolute Gasteiger partial charge is 0.248 e. The Bertz CT molecular complexity index is 865. The maximum absolute atomic E-state index is 13.7. The standard InChI is InChI=1S/C19H23FN2O3S2/c20-14-6-3-7-15(10-14)22-16-11-27(24,25)12-17(16)26-19(22)21-18(23)9-8-13-4-1-2-5-13/h3,6-7,10,13,16-17H,1-2,4-5,8-9,11-12H2/t16-,17-/m0/s1. The molecule has 27 heavy (non-hydrogen) atoms. The molecule has 2 saturated heterocycles. The number of rotatable bonds is 4. The summed E-state index contributed by atoms with van der Waals surface area (Å²) in [4.78, 5) is 18.5. The summed E-state index contributed by atoms with van der Waals surface area (Å²) in [7, 11) is -3.13. The Labute approximate surface area is 163 Å². The molecule has 8 heteroatoms. The summed E-state index contributed by atoms with van der Waals surface area (Å²) in [6.45, 7) is 0. The van der Waals surface area contributed by atoms with Gasteiger partial charge in [0.25, 0.3) is 0 Å². The molecule has 0 unspecified atom stereocenters. The highest BCUT2D eigenvalue weighted by molar-refractivity contribution is 8.16. The van der Waals surface area contributed by atoms with Crippen molar-refractivity contribution in [1.82, 2.24) is 0 Å². The molecule has 1 aliphatic carbocycles. The average molecular weight is 411 g/mol. The molecule has 146 valence electrons. The molecule has 5 nitrogen and oxygen atoms in total. The molecule has 0 bridgehead atoms. The molecule has 0 aromatic heterocycles. The van der Waals surface area contributed by atoms with Gasteiger partial charge in [-0.1, -0.05) is 43.5 Å². The van der Waals surface area contributed by atoms with Gasteiger partial charge in [-0.3, -0.25) is 4.79 Å². The maximum atomic E-state index is 13.7. The number of thioether (sulfide) groups is 1. The minimum atomic E-state index is -3.13. The second kappa shape index (κ2) is 7.54. The molecule has 2 heterocycles. The Hall–Kier alpha value is -1.41. The Morgan fingerprint density at radius 1 is 1.26 bits per heavy atom.